The molecular weight excluding hydrogens is 232 g/mol. The van der Waals surface area contributed by atoms with Crippen LogP contribution in [0.2, 0.25) is 0 Å². The second kappa shape index (κ2) is 5.05. The Labute approximate surface area is 104 Å². The summed E-state index contributed by atoms with van der Waals surface area (Å²) in [7, 11) is 0. The normalized spacial score (nSPS) is 12.7. The van der Waals surface area contributed by atoms with Gasteiger partial charge < -0.3 is 21.0 Å². The molecule has 2 rings (SSSR count). The minimum absolute atomic E-state index is 0.0900. The van der Waals surface area contributed by atoms with Gasteiger partial charge in [0.1, 0.15) is 0 Å². The lowest BCUT2D eigenvalue weighted by atomic mass is 10.1. The molecular formula is C12H16N4O2. The summed E-state index contributed by atoms with van der Waals surface area (Å²) in [6, 6.07) is 5.80. The maximum absolute atomic E-state index is 11.1. The van der Waals surface area contributed by atoms with E-state index in [1.54, 1.807) is 0 Å². The highest BCUT2D eigenvalue weighted by Crippen LogP contribution is 2.16. The number of fused-ring (bicyclic) bond motifs is 1. The lowest BCUT2D eigenvalue weighted by Gasteiger charge is -2.13. The zero-order valence-electron chi connectivity index (χ0n) is 10.1. The van der Waals surface area contributed by atoms with E-state index < -0.39 is 0 Å². The molecule has 6 heteroatoms. The van der Waals surface area contributed by atoms with Crippen molar-refractivity contribution >= 4 is 16.9 Å². The third-order valence-electron chi connectivity index (χ3n) is 2.86. The lowest BCUT2D eigenvalue weighted by molar-refractivity contribution is -0.117. The molecule has 0 aliphatic carbocycles. The van der Waals surface area contributed by atoms with Crippen LogP contribution >= 0.6 is 0 Å². The first-order valence-corrected chi connectivity index (χ1v) is 5.80. The first kappa shape index (κ1) is 12.4. The van der Waals surface area contributed by atoms with Gasteiger partial charge in [-0.25, -0.2) is 4.79 Å². The fourth-order valence-corrected chi connectivity index (χ4v) is 1.85. The van der Waals surface area contributed by atoms with Gasteiger partial charge in [-0.3, -0.25) is 4.79 Å². The summed E-state index contributed by atoms with van der Waals surface area (Å²) in [4.78, 5) is 27.2. The number of nitrogens with two attached hydrogens (primary N) is 1. The Hall–Kier alpha value is -2.08. The van der Waals surface area contributed by atoms with Crippen LogP contribution in [0.15, 0.2) is 23.0 Å². The molecule has 0 saturated carbocycles. The van der Waals surface area contributed by atoms with Gasteiger partial charge in [-0.15, -0.1) is 0 Å². The number of H-pyrrole nitrogens is 2. The van der Waals surface area contributed by atoms with E-state index in [4.69, 9.17) is 5.73 Å². The maximum Gasteiger partial charge on any atom is 0.323 e. The molecule has 5 N–H and O–H groups in total. The van der Waals surface area contributed by atoms with E-state index in [1.165, 1.54) is 0 Å². The van der Waals surface area contributed by atoms with Crippen molar-refractivity contribution in [2.75, 3.05) is 6.54 Å². The van der Waals surface area contributed by atoms with Crippen molar-refractivity contribution in [3.05, 3.63) is 34.2 Å². The van der Waals surface area contributed by atoms with Crippen LogP contribution in [0.25, 0.3) is 11.0 Å². The Morgan fingerprint density at radius 1 is 1.39 bits per heavy atom. The SMILES string of the molecule is CC(NCCC(N)=O)c1ccc2[nH]c(=O)[nH]c2c1. The van der Waals surface area contributed by atoms with Crippen LogP contribution in [0.4, 0.5) is 0 Å². The average Bonchev–Trinajstić information content (AvgIpc) is 2.67. The Balaban J connectivity index is 2.09. The van der Waals surface area contributed by atoms with E-state index in [2.05, 4.69) is 15.3 Å². The number of aromatic amines is 2. The molecule has 2 aromatic rings. The predicted octanol–water partition coefficient (Wildman–Crippen LogP) is 0.382. The summed E-state index contributed by atoms with van der Waals surface area (Å²) < 4.78 is 0. The molecule has 6 nitrogen and oxygen atoms in total. The van der Waals surface area contributed by atoms with Crippen molar-refractivity contribution in [3.63, 3.8) is 0 Å². The molecule has 1 aromatic heterocycles. The van der Waals surface area contributed by atoms with Crippen LogP contribution in [0.1, 0.15) is 24.9 Å². The van der Waals surface area contributed by atoms with E-state index >= 15 is 0 Å². The number of hydrogen-bond acceptors (Lipinski definition) is 3. The molecule has 0 bridgehead atoms. The van der Waals surface area contributed by atoms with E-state index in [-0.39, 0.29) is 17.6 Å². The monoisotopic (exact) mass is 248 g/mol. The Morgan fingerprint density at radius 3 is 2.83 bits per heavy atom. The molecule has 0 aliphatic heterocycles. The number of carbonyl (C=O) groups is 1. The number of benzene rings is 1. The molecule has 0 aliphatic rings. The van der Waals surface area contributed by atoms with Crippen LogP contribution in [0, 0.1) is 0 Å². The van der Waals surface area contributed by atoms with Gasteiger partial charge in [-0.2, -0.15) is 0 Å². The van der Waals surface area contributed by atoms with Crippen molar-refractivity contribution in [3.8, 4) is 0 Å². The zero-order chi connectivity index (χ0) is 13.1. The van der Waals surface area contributed by atoms with Crippen LogP contribution in [-0.4, -0.2) is 22.4 Å². The highest BCUT2D eigenvalue weighted by Gasteiger charge is 2.07. The third-order valence-corrected chi connectivity index (χ3v) is 2.86. The number of amides is 1. The lowest BCUT2D eigenvalue weighted by Crippen LogP contribution is -2.24. The van der Waals surface area contributed by atoms with Crippen molar-refractivity contribution in [1.82, 2.24) is 15.3 Å². The molecule has 18 heavy (non-hydrogen) atoms. The van der Waals surface area contributed by atoms with Gasteiger partial charge in [0.05, 0.1) is 11.0 Å². The maximum atomic E-state index is 11.1. The fraction of sp³-hybridized carbons (Fsp3) is 0.333. The first-order valence-electron chi connectivity index (χ1n) is 5.80. The van der Waals surface area contributed by atoms with Crippen LogP contribution in [-0.2, 0) is 4.79 Å². The number of primary amides is 1. The fourth-order valence-electron chi connectivity index (χ4n) is 1.85. The van der Waals surface area contributed by atoms with Gasteiger partial charge in [0.25, 0.3) is 0 Å². The van der Waals surface area contributed by atoms with Gasteiger partial charge >= 0.3 is 5.69 Å². The van der Waals surface area contributed by atoms with Gasteiger partial charge in [-0.05, 0) is 24.6 Å². The number of nitrogens with one attached hydrogen (secondary N) is 3. The Kier molecular flexibility index (Phi) is 3.47. The van der Waals surface area contributed by atoms with Crippen LogP contribution < -0.4 is 16.7 Å². The average molecular weight is 248 g/mol. The van der Waals surface area contributed by atoms with E-state index in [9.17, 15) is 9.59 Å². The number of aromatic nitrogens is 2. The zero-order valence-corrected chi connectivity index (χ0v) is 10.1. The molecule has 0 fully saturated rings. The topological polar surface area (TPSA) is 104 Å². The largest absolute Gasteiger partial charge is 0.370 e. The second-order valence-electron chi connectivity index (χ2n) is 4.28. The molecule has 0 spiro atoms. The van der Waals surface area contributed by atoms with Crippen molar-refractivity contribution in [2.45, 2.75) is 19.4 Å². The number of hydrogen-bond donors (Lipinski definition) is 4. The third kappa shape index (κ3) is 2.78. The molecule has 1 unspecified atom stereocenters. The van der Waals surface area contributed by atoms with Crippen LogP contribution in [0.5, 0.6) is 0 Å². The smallest absolute Gasteiger partial charge is 0.323 e. The van der Waals surface area contributed by atoms with E-state index in [0.717, 1.165) is 16.6 Å². The predicted molar refractivity (Wildman–Crippen MR) is 69.1 cm³/mol. The Morgan fingerprint density at radius 2 is 2.11 bits per heavy atom. The summed E-state index contributed by atoms with van der Waals surface area (Å²) in [5.74, 6) is -0.319. The summed E-state index contributed by atoms with van der Waals surface area (Å²) in [5.41, 5.74) is 7.47. The molecule has 1 amide bonds. The first-order chi connectivity index (χ1) is 8.56. The highest BCUT2D eigenvalue weighted by atomic mass is 16.1. The standard InChI is InChI=1S/C12H16N4O2/c1-7(14-5-4-11(13)17)8-2-3-9-10(6-8)16-12(18)15-9/h2-3,6-7,14H,4-5H2,1H3,(H2,13,17)(H2,15,16,18). The molecule has 1 heterocycles. The summed E-state index contributed by atoms with van der Waals surface area (Å²) >= 11 is 0. The summed E-state index contributed by atoms with van der Waals surface area (Å²) in [6.45, 7) is 2.53. The van der Waals surface area contributed by atoms with Gasteiger partial charge in [0.2, 0.25) is 5.91 Å². The molecule has 96 valence electrons. The quantitative estimate of drug-likeness (QED) is 0.615. The number of imidazole rings is 1. The van der Waals surface area contributed by atoms with Crippen molar-refractivity contribution in [1.29, 1.82) is 0 Å². The van der Waals surface area contributed by atoms with Crippen molar-refractivity contribution in [2.24, 2.45) is 5.73 Å². The van der Waals surface area contributed by atoms with Crippen LogP contribution in [0.3, 0.4) is 0 Å². The minimum atomic E-state index is -0.319. The minimum Gasteiger partial charge on any atom is -0.370 e. The summed E-state index contributed by atoms with van der Waals surface area (Å²) in [5, 5.41) is 3.20. The second-order valence-corrected chi connectivity index (χ2v) is 4.28. The summed E-state index contributed by atoms with van der Waals surface area (Å²) in [6.07, 6.45) is 0.313. The molecule has 0 saturated heterocycles. The highest BCUT2D eigenvalue weighted by molar-refractivity contribution is 5.75. The Bertz CT molecular complexity index is 614. The van der Waals surface area contributed by atoms with Gasteiger partial charge in [0, 0.05) is 19.0 Å². The molecule has 0 radical (unpaired) electrons. The number of carbonyl (C=O) groups excluding carboxylic acids is 1. The number of rotatable bonds is 5. The van der Waals surface area contributed by atoms with Gasteiger partial charge in [0.15, 0.2) is 0 Å². The molecule has 1 aromatic carbocycles. The van der Waals surface area contributed by atoms with Crippen molar-refractivity contribution < 1.29 is 4.79 Å². The molecule has 1 atom stereocenters. The van der Waals surface area contributed by atoms with E-state index in [0.29, 0.717) is 13.0 Å². The van der Waals surface area contributed by atoms with E-state index in [1.807, 2.05) is 25.1 Å². The van der Waals surface area contributed by atoms with Gasteiger partial charge in [-0.1, -0.05) is 6.07 Å².